The lowest BCUT2D eigenvalue weighted by molar-refractivity contribution is 0.767. The van der Waals surface area contributed by atoms with Crippen LogP contribution < -0.4 is 5.32 Å². The third kappa shape index (κ3) is 2.73. The number of benzene rings is 1. The minimum atomic E-state index is 0.742. The zero-order valence-corrected chi connectivity index (χ0v) is 9.20. The Labute approximate surface area is 93.7 Å². The summed E-state index contributed by atoms with van der Waals surface area (Å²) in [6.45, 7) is 0.758. The maximum atomic E-state index is 5.87. The fourth-order valence-corrected chi connectivity index (χ4v) is 1.56. The molecule has 15 heavy (non-hydrogen) atoms. The van der Waals surface area contributed by atoms with Crippen LogP contribution in [0.1, 0.15) is 5.56 Å². The number of anilines is 1. The van der Waals surface area contributed by atoms with Gasteiger partial charge in [0.15, 0.2) is 0 Å². The summed E-state index contributed by atoms with van der Waals surface area (Å²) in [5.74, 6) is 0. The molecule has 0 radical (unpaired) electrons. The molecule has 0 saturated carbocycles. The molecule has 0 saturated heterocycles. The van der Waals surface area contributed by atoms with Crippen LogP contribution in [0.25, 0.3) is 0 Å². The predicted molar refractivity (Wildman–Crippen MR) is 62.0 cm³/mol. The molecule has 0 fully saturated rings. The number of hydrogen-bond acceptors (Lipinski definition) is 2. The lowest BCUT2D eigenvalue weighted by Gasteiger charge is -2.04. The van der Waals surface area contributed by atoms with E-state index >= 15 is 0 Å². The molecule has 2 rings (SSSR count). The standard InChI is InChI=1S/C11H12ClN3/c1-15-8-9(7-14-15)6-13-11-4-2-3-10(12)5-11/h2-5,7-8,13H,6H2,1H3. The summed E-state index contributed by atoms with van der Waals surface area (Å²) in [7, 11) is 1.91. The summed E-state index contributed by atoms with van der Waals surface area (Å²) in [5.41, 5.74) is 2.17. The van der Waals surface area contributed by atoms with Crippen LogP contribution in [-0.2, 0) is 13.6 Å². The molecular weight excluding hydrogens is 210 g/mol. The van der Waals surface area contributed by atoms with Crippen molar-refractivity contribution < 1.29 is 0 Å². The molecule has 78 valence electrons. The van der Waals surface area contributed by atoms with E-state index in [-0.39, 0.29) is 0 Å². The van der Waals surface area contributed by atoms with Crippen LogP contribution in [0.5, 0.6) is 0 Å². The van der Waals surface area contributed by atoms with Crippen molar-refractivity contribution in [1.29, 1.82) is 0 Å². The van der Waals surface area contributed by atoms with Crippen molar-refractivity contribution in [3.63, 3.8) is 0 Å². The Morgan fingerprint density at radius 3 is 3.00 bits per heavy atom. The molecule has 1 heterocycles. The molecule has 0 aliphatic heterocycles. The van der Waals surface area contributed by atoms with Crippen molar-refractivity contribution in [3.05, 3.63) is 47.2 Å². The van der Waals surface area contributed by atoms with Crippen LogP contribution >= 0.6 is 11.6 Å². The third-order valence-corrected chi connectivity index (χ3v) is 2.31. The summed E-state index contributed by atoms with van der Waals surface area (Å²) in [6, 6.07) is 7.67. The van der Waals surface area contributed by atoms with Gasteiger partial charge in [-0.25, -0.2) is 0 Å². The highest BCUT2D eigenvalue weighted by Crippen LogP contribution is 2.15. The Balaban J connectivity index is 1.99. The highest BCUT2D eigenvalue weighted by atomic mass is 35.5. The van der Waals surface area contributed by atoms with Gasteiger partial charge in [0.2, 0.25) is 0 Å². The molecule has 2 aromatic rings. The normalized spacial score (nSPS) is 10.3. The number of halogens is 1. The number of hydrogen-bond donors (Lipinski definition) is 1. The zero-order valence-electron chi connectivity index (χ0n) is 8.44. The molecule has 1 aromatic carbocycles. The lowest BCUT2D eigenvalue weighted by atomic mass is 10.3. The van der Waals surface area contributed by atoms with Gasteiger partial charge in [0.05, 0.1) is 6.20 Å². The largest absolute Gasteiger partial charge is 0.381 e. The Morgan fingerprint density at radius 1 is 1.47 bits per heavy atom. The van der Waals surface area contributed by atoms with Gasteiger partial charge in [-0.2, -0.15) is 5.10 Å². The van der Waals surface area contributed by atoms with E-state index in [1.165, 1.54) is 0 Å². The molecule has 1 N–H and O–H groups in total. The summed E-state index contributed by atoms with van der Waals surface area (Å²) in [5, 5.41) is 8.12. The number of rotatable bonds is 3. The first-order valence-corrected chi connectivity index (χ1v) is 5.09. The maximum absolute atomic E-state index is 5.87. The van der Waals surface area contributed by atoms with E-state index in [0.717, 1.165) is 22.8 Å². The average molecular weight is 222 g/mol. The second-order valence-electron chi connectivity index (χ2n) is 3.39. The molecule has 0 amide bonds. The zero-order chi connectivity index (χ0) is 10.7. The van der Waals surface area contributed by atoms with E-state index in [2.05, 4.69) is 10.4 Å². The predicted octanol–water partition coefficient (Wildman–Crippen LogP) is 2.69. The summed E-state index contributed by atoms with van der Waals surface area (Å²) < 4.78 is 1.79. The van der Waals surface area contributed by atoms with Crippen molar-refractivity contribution in [2.75, 3.05) is 5.32 Å². The van der Waals surface area contributed by atoms with Crippen LogP contribution in [-0.4, -0.2) is 9.78 Å². The van der Waals surface area contributed by atoms with Crippen LogP contribution in [0.3, 0.4) is 0 Å². The van der Waals surface area contributed by atoms with Crippen molar-refractivity contribution in [2.24, 2.45) is 7.05 Å². The third-order valence-electron chi connectivity index (χ3n) is 2.08. The summed E-state index contributed by atoms with van der Waals surface area (Å²) >= 11 is 5.87. The Bertz CT molecular complexity index is 451. The monoisotopic (exact) mass is 221 g/mol. The van der Waals surface area contributed by atoms with Gasteiger partial charge in [0.1, 0.15) is 0 Å². The SMILES string of the molecule is Cn1cc(CNc2cccc(Cl)c2)cn1. The molecule has 0 bridgehead atoms. The van der Waals surface area contributed by atoms with Gasteiger partial charge in [0, 0.05) is 36.1 Å². The number of aryl methyl sites for hydroxylation is 1. The fourth-order valence-electron chi connectivity index (χ4n) is 1.37. The van der Waals surface area contributed by atoms with E-state index in [1.54, 1.807) is 4.68 Å². The summed E-state index contributed by atoms with van der Waals surface area (Å²) in [4.78, 5) is 0. The van der Waals surface area contributed by atoms with Gasteiger partial charge < -0.3 is 5.32 Å². The van der Waals surface area contributed by atoms with Crippen molar-refractivity contribution in [3.8, 4) is 0 Å². The first-order valence-electron chi connectivity index (χ1n) is 4.71. The van der Waals surface area contributed by atoms with Crippen LogP contribution in [0.4, 0.5) is 5.69 Å². The van der Waals surface area contributed by atoms with Crippen LogP contribution in [0.2, 0.25) is 5.02 Å². The van der Waals surface area contributed by atoms with Crippen LogP contribution in [0.15, 0.2) is 36.7 Å². The molecule has 0 aliphatic carbocycles. The van der Waals surface area contributed by atoms with E-state index < -0.39 is 0 Å². The lowest BCUT2D eigenvalue weighted by Crippen LogP contribution is -1.97. The Kier molecular flexibility index (Phi) is 2.92. The second kappa shape index (κ2) is 4.36. The average Bonchev–Trinajstić information content (AvgIpc) is 2.62. The van der Waals surface area contributed by atoms with Crippen molar-refractivity contribution in [1.82, 2.24) is 9.78 Å². The summed E-state index contributed by atoms with van der Waals surface area (Å²) in [6.07, 6.45) is 3.83. The van der Waals surface area contributed by atoms with Gasteiger partial charge in [-0.05, 0) is 18.2 Å². The maximum Gasteiger partial charge on any atom is 0.0539 e. The first-order chi connectivity index (χ1) is 7.24. The minimum Gasteiger partial charge on any atom is -0.381 e. The van der Waals surface area contributed by atoms with E-state index in [1.807, 2.05) is 43.7 Å². The minimum absolute atomic E-state index is 0.742. The molecule has 3 nitrogen and oxygen atoms in total. The number of nitrogens with one attached hydrogen (secondary N) is 1. The fraction of sp³-hybridized carbons (Fsp3) is 0.182. The Hall–Kier alpha value is -1.48. The van der Waals surface area contributed by atoms with Gasteiger partial charge in [-0.3, -0.25) is 4.68 Å². The van der Waals surface area contributed by atoms with Crippen molar-refractivity contribution >= 4 is 17.3 Å². The molecule has 0 unspecified atom stereocenters. The van der Waals surface area contributed by atoms with Gasteiger partial charge in [-0.15, -0.1) is 0 Å². The molecule has 0 spiro atoms. The molecule has 4 heteroatoms. The number of aromatic nitrogens is 2. The smallest absolute Gasteiger partial charge is 0.0539 e. The Morgan fingerprint density at radius 2 is 2.33 bits per heavy atom. The van der Waals surface area contributed by atoms with Gasteiger partial charge in [-0.1, -0.05) is 17.7 Å². The number of nitrogens with zero attached hydrogens (tertiary/aromatic N) is 2. The molecular formula is C11H12ClN3. The second-order valence-corrected chi connectivity index (χ2v) is 3.82. The quantitative estimate of drug-likeness (QED) is 0.864. The highest BCUT2D eigenvalue weighted by Gasteiger charge is 1.96. The topological polar surface area (TPSA) is 29.9 Å². The van der Waals surface area contributed by atoms with E-state index in [9.17, 15) is 0 Å². The van der Waals surface area contributed by atoms with E-state index in [0.29, 0.717) is 0 Å². The van der Waals surface area contributed by atoms with Gasteiger partial charge in [0.25, 0.3) is 0 Å². The molecule has 0 aliphatic rings. The van der Waals surface area contributed by atoms with E-state index in [4.69, 9.17) is 11.6 Å². The molecule has 0 atom stereocenters. The molecule has 1 aromatic heterocycles. The van der Waals surface area contributed by atoms with Crippen LogP contribution in [0, 0.1) is 0 Å². The first kappa shape index (κ1) is 10.1. The van der Waals surface area contributed by atoms with Gasteiger partial charge >= 0.3 is 0 Å². The highest BCUT2D eigenvalue weighted by molar-refractivity contribution is 6.30. The van der Waals surface area contributed by atoms with Crippen molar-refractivity contribution in [2.45, 2.75) is 6.54 Å².